The first kappa shape index (κ1) is 76.9. The molecule has 1 amide bonds. The van der Waals surface area contributed by atoms with Crippen LogP contribution in [0, 0.1) is 13.8 Å². The zero-order chi connectivity index (χ0) is 79.2. The van der Waals surface area contributed by atoms with Gasteiger partial charge in [0.2, 0.25) is 29.0 Å². The van der Waals surface area contributed by atoms with E-state index in [1.54, 1.807) is 95.9 Å². The van der Waals surface area contributed by atoms with E-state index in [2.05, 4.69) is 180 Å². The summed E-state index contributed by atoms with van der Waals surface area (Å²) in [5, 5.41) is 99.7. The molecule has 0 aliphatic carbocycles. The Morgan fingerprint density at radius 2 is 1.35 bits per heavy atom. The summed E-state index contributed by atoms with van der Waals surface area (Å²) in [7, 11) is 7.16. The summed E-state index contributed by atoms with van der Waals surface area (Å²) in [6, 6.07) is 35.1. The third-order valence-corrected chi connectivity index (χ3v) is 19.0. The van der Waals surface area contributed by atoms with Gasteiger partial charge in [-0.3, -0.25) is 30.6 Å². The van der Waals surface area contributed by atoms with Crippen molar-refractivity contribution < 1.29 is 23.1 Å². The number of fused-ring (bicyclic) bond motifs is 3. The summed E-state index contributed by atoms with van der Waals surface area (Å²) >= 11 is 7.36. The van der Waals surface area contributed by atoms with Crippen LogP contribution in [-0.2, 0) is 11.2 Å². The molecule has 576 valence electrons. The molecule has 115 heavy (non-hydrogen) atoms. The molecule has 0 atom stereocenters. The third-order valence-electron chi connectivity index (χ3n) is 15.2. The van der Waals surface area contributed by atoms with Gasteiger partial charge in [-0.15, -0.1) is 90.1 Å². The van der Waals surface area contributed by atoms with Gasteiger partial charge in [0.15, 0.2) is 46.6 Å². The lowest BCUT2D eigenvalue weighted by Crippen LogP contribution is -2.15. The van der Waals surface area contributed by atoms with Crippen LogP contribution in [0.2, 0.25) is 0 Å². The number of rotatable bonds is 22. The molecule has 46 heteroatoms. The van der Waals surface area contributed by atoms with Gasteiger partial charge in [0.25, 0.3) is 11.8 Å². The first-order chi connectivity index (χ1) is 56.2. The maximum atomic E-state index is 11.0. The van der Waals surface area contributed by atoms with Gasteiger partial charge in [-0.25, -0.2) is 19.9 Å². The van der Waals surface area contributed by atoms with E-state index in [4.69, 9.17) is 18.3 Å². The van der Waals surface area contributed by atoms with Crippen molar-refractivity contribution in [1.29, 1.82) is 0 Å². The highest BCUT2D eigenvalue weighted by molar-refractivity contribution is 7.99. The van der Waals surface area contributed by atoms with Crippen molar-refractivity contribution in [1.82, 2.24) is 142 Å². The van der Waals surface area contributed by atoms with E-state index in [1.165, 1.54) is 71.7 Å². The molecule has 41 nitrogen and oxygen atoms in total. The highest BCUT2D eigenvalue weighted by Gasteiger charge is 2.19. The fraction of sp³-hybridized carbons (Fsp3) is 0.116. The molecular formula is C69H60N36O5S5. The quantitative estimate of drug-likeness (QED) is 0.0312. The fourth-order valence-corrected chi connectivity index (χ4v) is 13.0. The van der Waals surface area contributed by atoms with Crippen LogP contribution in [-0.4, -0.2) is 176 Å². The minimum Gasteiger partial charge on any atom is -0.477 e. The predicted molar refractivity (Wildman–Crippen MR) is 432 cm³/mol. The van der Waals surface area contributed by atoms with Crippen molar-refractivity contribution in [2.45, 2.75) is 37.2 Å². The second-order valence-electron chi connectivity index (χ2n) is 23.5. The van der Waals surface area contributed by atoms with Crippen LogP contribution in [0.3, 0.4) is 0 Å². The van der Waals surface area contributed by atoms with E-state index < -0.39 is 0 Å². The first-order valence-corrected chi connectivity index (χ1v) is 38.0. The molecule has 0 saturated carbocycles. The number of carbonyl (C=O) groups excluding carboxylic acids is 1. The van der Waals surface area contributed by atoms with E-state index in [9.17, 15) is 4.79 Å². The molecule has 0 fully saturated rings. The molecule has 18 rings (SSSR count). The van der Waals surface area contributed by atoms with Crippen LogP contribution in [0.4, 0.5) is 79.4 Å². The number of ether oxygens (including phenoxy) is 2. The Bertz CT molecular complexity index is 6140. The minimum atomic E-state index is -0.137. The van der Waals surface area contributed by atoms with Crippen molar-refractivity contribution in [3.05, 3.63) is 198 Å². The molecule has 18 aromatic rings. The summed E-state index contributed by atoms with van der Waals surface area (Å²) in [4.78, 5) is 50.4. The van der Waals surface area contributed by atoms with Crippen molar-refractivity contribution in [3.8, 4) is 29.0 Å². The Labute approximate surface area is 669 Å². The van der Waals surface area contributed by atoms with Gasteiger partial charge >= 0.3 is 18.0 Å². The van der Waals surface area contributed by atoms with E-state index >= 15 is 0 Å². The second-order valence-corrected chi connectivity index (χ2v) is 28.0. The van der Waals surface area contributed by atoms with Crippen molar-refractivity contribution in [2.24, 2.45) is 0 Å². The number of nitrogens with zero attached hydrogens (tertiary/aromatic N) is 28. The zero-order valence-corrected chi connectivity index (χ0v) is 65.1. The lowest BCUT2D eigenvalue weighted by atomic mass is 10.1. The van der Waals surface area contributed by atoms with Crippen molar-refractivity contribution in [3.63, 3.8) is 0 Å². The standard InChI is InChI=1S/C14H13N9OS.C14H13N7O2S.C14H11N7S2.C14H13N5OS.C13H10N8O/c1-23(2)12-11(17-13-21-16-7-24-13)18-14(22-20-12)25-9-3-4-10-8(5-9)6-15-19-10;1-8-12(18-14-21-15-7-24-14)17-13(20-19-8)23-11-5-3-10(4-6-11)16-9(2)22;1-21(9-2-3-10-11(4-9)22-8-16-10)14-19-12(5-17-20-14)18-13-6-15-7-23-13;1-9-14(21-8-15-9)17-12-13(20-2)19-18-11(16-12)10-6-4-3-5-7-10;1-2-10-9(5-14-19-10)3-8(1)4-11-17-12(6-15-20-11)18-13-21-16-7-22-13/h3-7H,1-2H3,(H,15,19)(H,17,18,21,22);3-7H,1-2H3,(H,16,22)(H,17,18,20,21);2-8H,1H3,(H,18,19,20);3-8H,1-2H3,(H,16,17,18);1-3,5-7H,4H2,(H,14,19)(H,17,18,20,21). The number of H-pyrrole nitrogens is 2. The highest BCUT2D eigenvalue weighted by Crippen LogP contribution is 2.34. The van der Waals surface area contributed by atoms with Crippen LogP contribution in [0.5, 0.6) is 17.6 Å². The number of methoxy groups -OCH3 is 1. The summed E-state index contributed by atoms with van der Waals surface area (Å²) in [5.74, 6) is 5.58. The van der Waals surface area contributed by atoms with Crippen molar-refractivity contribution in [2.75, 3.05) is 70.0 Å². The lowest BCUT2D eigenvalue weighted by molar-refractivity contribution is -0.114. The normalized spacial score (nSPS) is 10.7. The highest BCUT2D eigenvalue weighted by atomic mass is 32.2. The van der Waals surface area contributed by atoms with E-state index in [-0.39, 0.29) is 23.9 Å². The number of carbonyl (C=O) groups is 1. The number of thiazole rings is 3. The number of benzene rings is 5. The number of aromatic nitrogens is 28. The van der Waals surface area contributed by atoms with Gasteiger partial charge in [-0.2, -0.15) is 35.3 Å². The van der Waals surface area contributed by atoms with Gasteiger partial charge in [-0.05, 0) is 104 Å². The van der Waals surface area contributed by atoms with Crippen LogP contribution < -0.4 is 51.2 Å². The number of aromatic amines is 2. The average Bonchev–Trinajstić information content (AvgIpc) is 1.77. The van der Waals surface area contributed by atoms with Gasteiger partial charge in [0, 0.05) is 67.1 Å². The minimum absolute atomic E-state index is 0.0971. The number of amides is 1. The molecule has 8 N–H and O–H groups in total. The molecule has 0 unspecified atom stereocenters. The molecule has 13 aromatic heterocycles. The first-order valence-electron chi connectivity index (χ1n) is 33.7. The Hall–Kier alpha value is -14.9. The molecular weight excluding hydrogens is 1570 g/mol. The largest absolute Gasteiger partial charge is 0.477 e. The molecule has 5 aromatic carbocycles. The third kappa shape index (κ3) is 21.0. The summed E-state index contributed by atoms with van der Waals surface area (Å²) in [6.07, 6.45) is 11.4. The molecule has 0 aliphatic rings. The Morgan fingerprint density at radius 1 is 0.583 bits per heavy atom. The van der Waals surface area contributed by atoms with Crippen molar-refractivity contribution >= 4 is 174 Å². The number of anilines is 14. The number of hydrogen-bond acceptors (Lipinski definition) is 43. The molecule has 0 radical (unpaired) electrons. The second kappa shape index (κ2) is 37.2. The summed E-state index contributed by atoms with van der Waals surface area (Å²) in [5.41, 5.74) is 15.1. The van der Waals surface area contributed by atoms with Gasteiger partial charge in [0.1, 0.15) is 27.0 Å². The summed E-state index contributed by atoms with van der Waals surface area (Å²) < 4.78 is 22.0. The van der Waals surface area contributed by atoms with Gasteiger partial charge < -0.3 is 49.4 Å². The molecule has 0 bridgehead atoms. The molecule has 0 saturated heterocycles. The fourth-order valence-electron chi connectivity index (χ4n) is 9.86. The average molecular weight is 1630 g/mol. The monoisotopic (exact) mass is 1630 g/mol. The van der Waals surface area contributed by atoms with Crippen LogP contribution in [0.1, 0.15) is 29.7 Å². The van der Waals surface area contributed by atoms with Crippen LogP contribution >= 0.6 is 57.1 Å². The molecule has 0 spiro atoms. The Morgan fingerprint density at radius 3 is 2.07 bits per heavy atom. The van der Waals surface area contributed by atoms with E-state index in [0.29, 0.717) is 92.2 Å². The molecule has 0 aliphatic heterocycles. The van der Waals surface area contributed by atoms with E-state index in [1.807, 2.05) is 117 Å². The maximum absolute atomic E-state index is 11.0. The van der Waals surface area contributed by atoms with Crippen LogP contribution in [0.15, 0.2) is 194 Å². The van der Waals surface area contributed by atoms with Gasteiger partial charge in [0.05, 0.1) is 81.6 Å². The number of nitrogens with one attached hydrogen (secondary N) is 8. The van der Waals surface area contributed by atoms with Gasteiger partial charge in [-0.1, -0.05) is 63.0 Å². The predicted octanol–water partition coefficient (Wildman–Crippen LogP) is 12.6. The number of aryl methyl sites for hydroxylation is 2. The van der Waals surface area contributed by atoms with E-state index in [0.717, 1.165) is 69.4 Å². The van der Waals surface area contributed by atoms with Crippen LogP contribution in [0.25, 0.3) is 43.4 Å². The Balaban J connectivity index is 0.000000119. The summed E-state index contributed by atoms with van der Waals surface area (Å²) in [6.45, 7) is 5.15. The molecule has 13 heterocycles. The zero-order valence-electron chi connectivity index (χ0n) is 61.1. The Kier molecular flexibility index (Phi) is 24.9. The topological polar surface area (TPSA) is 507 Å². The lowest BCUT2D eigenvalue weighted by Gasteiger charge is -2.17. The smallest absolute Gasteiger partial charge is 0.343 e. The SMILES string of the molecule is CC(=O)Nc1ccc(Oc2nnc(C)c(Nc3nncs3)n2)cc1.CN(C)c1nnc(Sc2ccc3[nH]ncc3c2)nc1Nc1nnco1.CN(c1ccc2ncsc2c1)c1nncc(Nc2cncs2)n1.COc1nnc(-c2ccccc2)nc1Nc1scnc1C.c1nnc(Nc2cnnc(Cc3ccc4[nH]ncc4c3)n2)o1. The maximum Gasteiger partial charge on any atom is 0.343 e. The number of hydrogen-bond donors (Lipinski definition) is 8.